The Labute approximate surface area is 99.2 Å². The molecule has 1 aromatic rings. The summed E-state index contributed by atoms with van der Waals surface area (Å²) in [5.41, 5.74) is 0. The maximum atomic E-state index is 12.0. The molecule has 17 heavy (non-hydrogen) atoms. The minimum absolute atomic E-state index is 0.0959. The van der Waals surface area contributed by atoms with Gasteiger partial charge in [0.25, 0.3) is 0 Å². The van der Waals surface area contributed by atoms with Gasteiger partial charge in [0.2, 0.25) is 5.91 Å². The molecule has 2 aliphatic rings. The molecule has 92 valence electrons. The molecular weight excluding hydrogens is 220 g/mol. The van der Waals surface area contributed by atoms with Crippen molar-refractivity contribution in [2.24, 2.45) is 5.92 Å². The monoisotopic (exact) mass is 236 g/mol. The van der Waals surface area contributed by atoms with E-state index in [0.717, 1.165) is 13.1 Å². The number of aliphatic hydroxyl groups is 1. The number of aromatic nitrogens is 2. The van der Waals surface area contributed by atoms with Gasteiger partial charge in [-0.3, -0.25) is 9.48 Å². The van der Waals surface area contributed by atoms with Crippen LogP contribution in [0.25, 0.3) is 0 Å². The number of β-amino-alcohol motifs (C(OH)–C–C–N with tert-alkyl or cyclic N) is 1. The maximum Gasteiger partial charge on any atom is 0.228 e. The van der Waals surface area contributed by atoms with Crippen molar-refractivity contribution in [2.75, 3.05) is 26.2 Å². The summed E-state index contributed by atoms with van der Waals surface area (Å²) in [5.74, 6) is 0.246. The van der Waals surface area contributed by atoms with Crippen molar-refractivity contribution in [1.82, 2.24) is 20.0 Å². The zero-order valence-electron chi connectivity index (χ0n) is 9.49. The topological polar surface area (TPSA) is 70.4 Å². The lowest BCUT2D eigenvalue weighted by Crippen LogP contribution is -2.51. The lowest BCUT2D eigenvalue weighted by Gasteiger charge is -2.30. The van der Waals surface area contributed by atoms with Crippen LogP contribution in [0, 0.1) is 5.92 Å². The van der Waals surface area contributed by atoms with Gasteiger partial charge in [-0.1, -0.05) is 0 Å². The van der Waals surface area contributed by atoms with Gasteiger partial charge in [0.15, 0.2) is 0 Å². The van der Waals surface area contributed by atoms with Gasteiger partial charge in [-0.05, 0) is 6.07 Å². The normalized spacial score (nSPS) is 29.4. The third-order valence-corrected chi connectivity index (χ3v) is 3.57. The van der Waals surface area contributed by atoms with Crippen LogP contribution in [0.1, 0.15) is 6.04 Å². The van der Waals surface area contributed by atoms with Gasteiger partial charge < -0.3 is 15.3 Å². The minimum Gasteiger partial charge on any atom is -0.389 e. The van der Waals surface area contributed by atoms with Crippen molar-refractivity contribution in [2.45, 2.75) is 12.1 Å². The molecule has 6 heteroatoms. The van der Waals surface area contributed by atoms with Crippen LogP contribution in [0.2, 0.25) is 0 Å². The Kier molecular flexibility index (Phi) is 2.60. The van der Waals surface area contributed by atoms with Crippen LogP contribution in [0.3, 0.4) is 0 Å². The number of aliphatic hydroxyl groups excluding tert-OH is 1. The SMILES string of the molecule is O=C(C1CNC1)N1C[C@@H](n2cccn2)[C@@H](O)C1. The number of rotatable bonds is 2. The zero-order chi connectivity index (χ0) is 11.8. The van der Waals surface area contributed by atoms with Crippen LogP contribution < -0.4 is 5.32 Å². The molecule has 0 radical (unpaired) electrons. The number of nitrogens with zero attached hydrogens (tertiary/aromatic N) is 3. The molecule has 2 saturated heterocycles. The van der Waals surface area contributed by atoms with Gasteiger partial charge in [0, 0.05) is 38.6 Å². The van der Waals surface area contributed by atoms with Gasteiger partial charge in [-0.25, -0.2) is 0 Å². The molecule has 0 aliphatic carbocycles. The summed E-state index contributed by atoms with van der Waals surface area (Å²) in [6.07, 6.45) is 2.99. The van der Waals surface area contributed by atoms with E-state index in [4.69, 9.17) is 0 Å². The number of nitrogens with one attached hydrogen (secondary N) is 1. The molecule has 2 fully saturated rings. The van der Waals surface area contributed by atoms with Crippen LogP contribution in [-0.2, 0) is 4.79 Å². The highest BCUT2D eigenvalue weighted by Crippen LogP contribution is 2.23. The van der Waals surface area contributed by atoms with Gasteiger partial charge in [-0.15, -0.1) is 0 Å². The van der Waals surface area contributed by atoms with Crippen molar-refractivity contribution in [3.63, 3.8) is 0 Å². The Morgan fingerprint density at radius 3 is 2.82 bits per heavy atom. The highest BCUT2D eigenvalue weighted by Gasteiger charge is 2.39. The van der Waals surface area contributed by atoms with E-state index in [-0.39, 0.29) is 17.9 Å². The van der Waals surface area contributed by atoms with E-state index in [2.05, 4.69) is 10.4 Å². The molecule has 0 spiro atoms. The highest BCUT2D eigenvalue weighted by molar-refractivity contribution is 5.80. The first-order chi connectivity index (χ1) is 8.25. The van der Waals surface area contributed by atoms with Gasteiger partial charge in [-0.2, -0.15) is 5.10 Å². The summed E-state index contributed by atoms with van der Waals surface area (Å²) < 4.78 is 1.73. The molecule has 0 unspecified atom stereocenters. The van der Waals surface area contributed by atoms with Crippen LogP contribution in [0.4, 0.5) is 0 Å². The second kappa shape index (κ2) is 4.12. The molecule has 1 aromatic heterocycles. The molecule has 1 amide bonds. The minimum atomic E-state index is -0.521. The summed E-state index contributed by atoms with van der Waals surface area (Å²) in [7, 11) is 0. The Morgan fingerprint density at radius 2 is 2.24 bits per heavy atom. The van der Waals surface area contributed by atoms with Crippen molar-refractivity contribution in [1.29, 1.82) is 0 Å². The van der Waals surface area contributed by atoms with E-state index < -0.39 is 6.10 Å². The number of carbonyl (C=O) groups is 1. The summed E-state index contributed by atoms with van der Waals surface area (Å²) in [4.78, 5) is 13.8. The first kappa shape index (κ1) is 10.7. The highest BCUT2D eigenvalue weighted by atomic mass is 16.3. The van der Waals surface area contributed by atoms with E-state index in [1.54, 1.807) is 15.8 Å². The van der Waals surface area contributed by atoms with Crippen molar-refractivity contribution >= 4 is 5.91 Å². The van der Waals surface area contributed by atoms with Gasteiger partial charge in [0.1, 0.15) is 0 Å². The van der Waals surface area contributed by atoms with Gasteiger partial charge >= 0.3 is 0 Å². The number of amides is 1. The molecule has 3 rings (SSSR count). The summed E-state index contributed by atoms with van der Waals surface area (Å²) in [6.45, 7) is 2.49. The zero-order valence-corrected chi connectivity index (χ0v) is 9.49. The molecule has 6 nitrogen and oxygen atoms in total. The van der Waals surface area contributed by atoms with E-state index in [1.165, 1.54) is 0 Å². The number of likely N-dealkylation sites (tertiary alicyclic amines) is 1. The van der Waals surface area contributed by atoms with E-state index in [9.17, 15) is 9.90 Å². The largest absolute Gasteiger partial charge is 0.389 e. The Bertz CT molecular complexity index is 402. The molecule has 0 saturated carbocycles. The fraction of sp³-hybridized carbons (Fsp3) is 0.636. The average molecular weight is 236 g/mol. The summed E-state index contributed by atoms with van der Waals surface area (Å²) in [6, 6.07) is 1.72. The molecular formula is C11H16N4O2. The quantitative estimate of drug-likeness (QED) is 0.680. The third-order valence-electron chi connectivity index (χ3n) is 3.57. The molecule has 2 aliphatic heterocycles. The number of hydrogen-bond acceptors (Lipinski definition) is 4. The predicted octanol–water partition coefficient (Wildman–Crippen LogP) is -1.15. The third kappa shape index (κ3) is 1.83. The number of hydrogen-bond donors (Lipinski definition) is 2. The first-order valence-electron chi connectivity index (χ1n) is 5.92. The number of carbonyl (C=O) groups excluding carboxylic acids is 1. The fourth-order valence-corrected chi connectivity index (χ4v) is 2.41. The maximum absolute atomic E-state index is 12.0. The molecule has 0 aromatic carbocycles. The lowest BCUT2D eigenvalue weighted by molar-refractivity contribution is -0.136. The van der Waals surface area contributed by atoms with Crippen LogP contribution in [-0.4, -0.2) is 58.0 Å². The lowest BCUT2D eigenvalue weighted by atomic mass is 10.0. The molecule has 3 heterocycles. The summed E-state index contributed by atoms with van der Waals surface area (Å²) in [5, 5.41) is 17.2. The second-order valence-electron chi connectivity index (χ2n) is 4.72. The Balaban J connectivity index is 1.68. The first-order valence-corrected chi connectivity index (χ1v) is 5.92. The smallest absolute Gasteiger partial charge is 0.228 e. The van der Waals surface area contributed by atoms with Crippen molar-refractivity contribution in [3.8, 4) is 0 Å². The van der Waals surface area contributed by atoms with Crippen LogP contribution >= 0.6 is 0 Å². The Morgan fingerprint density at radius 1 is 1.41 bits per heavy atom. The summed E-state index contributed by atoms with van der Waals surface area (Å²) >= 11 is 0. The van der Waals surface area contributed by atoms with E-state index in [1.807, 2.05) is 12.3 Å². The molecule has 2 N–H and O–H groups in total. The predicted molar refractivity (Wildman–Crippen MR) is 60.2 cm³/mol. The van der Waals surface area contributed by atoms with E-state index >= 15 is 0 Å². The van der Waals surface area contributed by atoms with Crippen LogP contribution in [0.15, 0.2) is 18.5 Å². The average Bonchev–Trinajstić information content (AvgIpc) is 2.82. The standard InChI is InChI=1S/C11H16N4O2/c16-10-7-14(11(17)8-4-12-5-8)6-9(10)15-3-1-2-13-15/h1-3,8-10,12,16H,4-7H2/t9-,10+/m1/s1. The molecule has 0 bridgehead atoms. The van der Waals surface area contributed by atoms with Gasteiger partial charge in [0.05, 0.1) is 18.1 Å². The van der Waals surface area contributed by atoms with Crippen molar-refractivity contribution in [3.05, 3.63) is 18.5 Å². The van der Waals surface area contributed by atoms with Crippen molar-refractivity contribution < 1.29 is 9.90 Å². The van der Waals surface area contributed by atoms with E-state index in [0.29, 0.717) is 13.1 Å². The van der Waals surface area contributed by atoms with Crippen LogP contribution in [0.5, 0.6) is 0 Å². The second-order valence-corrected chi connectivity index (χ2v) is 4.72. The Hall–Kier alpha value is -1.40. The fourth-order valence-electron chi connectivity index (χ4n) is 2.41. The molecule has 2 atom stereocenters.